The highest BCUT2D eigenvalue weighted by molar-refractivity contribution is 5.79. The van der Waals surface area contributed by atoms with E-state index in [-0.39, 0.29) is 5.54 Å². The lowest BCUT2D eigenvalue weighted by Crippen LogP contribution is -2.44. The average molecular weight is 298 g/mol. The van der Waals surface area contributed by atoms with Crippen molar-refractivity contribution in [2.75, 3.05) is 46.9 Å². The first-order valence-electron chi connectivity index (χ1n) is 8.23. The molecule has 0 aliphatic heterocycles. The number of likely N-dealkylation sites (N-methyl/N-ethyl adjacent to an activating group) is 1. The molecule has 124 valence electrons. The minimum Gasteiger partial charge on any atom is -0.381 e. The minimum absolute atomic E-state index is 0.0652. The SMILES string of the molecule is CCNC(=NCC(C)(C)N(C)C)NCCCOCC1CC1. The third-order valence-corrected chi connectivity index (χ3v) is 3.99. The first-order chi connectivity index (χ1) is 9.95. The van der Waals surface area contributed by atoms with Gasteiger partial charge in [-0.05, 0) is 60.0 Å². The largest absolute Gasteiger partial charge is 0.381 e. The Morgan fingerprint density at radius 1 is 1.29 bits per heavy atom. The highest BCUT2D eigenvalue weighted by atomic mass is 16.5. The van der Waals surface area contributed by atoms with Crippen LogP contribution in [0.25, 0.3) is 0 Å². The Hall–Kier alpha value is -0.810. The molecule has 1 aliphatic rings. The van der Waals surface area contributed by atoms with E-state index in [1.807, 2.05) is 0 Å². The van der Waals surface area contributed by atoms with E-state index in [9.17, 15) is 0 Å². The lowest BCUT2D eigenvalue weighted by Gasteiger charge is -2.31. The summed E-state index contributed by atoms with van der Waals surface area (Å²) in [7, 11) is 4.18. The molecule has 0 heterocycles. The van der Waals surface area contributed by atoms with E-state index in [0.29, 0.717) is 0 Å². The van der Waals surface area contributed by atoms with Crippen molar-refractivity contribution in [2.45, 2.75) is 45.6 Å². The molecule has 21 heavy (non-hydrogen) atoms. The summed E-state index contributed by atoms with van der Waals surface area (Å²) in [5.74, 6) is 1.75. The second-order valence-electron chi connectivity index (χ2n) is 6.70. The summed E-state index contributed by atoms with van der Waals surface area (Å²) in [6.07, 6.45) is 3.74. The van der Waals surface area contributed by atoms with Gasteiger partial charge >= 0.3 is 0 Å². The monoisotopic (exact) mass is 298 g/mol. The first kappa shape index (κ1) is 18.2. The van der Waals surface area contributed by atoms with Crippen molar-refractivity contribution in [3.05, 3.63) is 0 Å². The van der Waals surface area contributed by atoms with E-state index in [0.717, 1.165) is 51.1 Å². The van der Waals surface area contributed by atoms with Crippen LogP contribution in [0.2, 0.25) is 0 Å². The van der Waals surface area contributed by atoms with Crippen LogP contribution < -0.4 is 10.6 Å². The number of ether oxygens (including phenoxy) is 1. The molecule has 0 aromatic rings. The summed E-state index contributed by atoms with van der Waals surface area (Å²) in [5.41, 5.74) is 0.0652. The topological polar surface area (TPSA) is 48.9 Å². The van der Waals surface area contributed by atoms with Crippen molar-refractivity contribution in [3.63, 3.8) is 0 Å². The summed E-state index contributed by atoms with van der Waals surface area (Å²) < 4.78 is 5.64. The third kappa shape index (κ3) is 8.27. The molecule has 1 saturated carbocycles. The Bertz CT molecular complexity index is 311. The molecule has 0 amide bonds. The van der Waals surface area contributed by atoms with Crippen molar-refractivity contribution in [1.82, 2.24) is 15.5 Å². The molecule has 0 saturated heterocycles. The van der Waals surface area contributed by atoms with Crippen LogP contribution in [0.5, 0.6) is 0 Å². The number of hydrogen-bond donors (Lipinski definition) is 2. The van der Waals surface area contributed by atoms with Gasteiger partial charge in [0.15, 0.2) is 5.96 Å². The van der Waals surface area contributed by atoms with Gasteiger partial charge in [-0.15, -0.1) is 0 Å². The number of hydrogen-bond acceptors (Lipinski definition) is 3. The second-order valence-corrected chi connectivity index (χ2v) is 6.70. The van der Waals surface area contributed by atoms with Gasteiger partial charge in [0.25, 0.3) is 0 Å². The first-order valence-corrected chi connectivity index (χ1v) is 8.23. The van der Waals surface area contributed by atoms with E-state index in [1.54, 1.807) is 0 Å². The molecule has 0 aromatic heterocycles. The van der Waals surface area contributed by atoms with Crippen LogP contribution in [0.15, 0.2) is 4.99 Å². The fourth-order valence-corrected chi connectivity index (χ4v) is 1.67. The van der Waals surface area contributed by atoms with Gasteiger partial charge in [-0.25, -0.2) is 0 Å². The number of nitrogens with one attached hydrogen (secondary N) is 2. The zero-order chi connectivity index (χ0) is 15.7. The van der Waals surface area contributed by atoms with E-state index >= 15 is 0 Å². The van der Waals surface area contributed by atoms with Gasteiger partial charge < -0.3 is 20.3 Å². The van der Waals surface area contributed by atoms with Crippen molar-refractivity contribution in [1.29, 1.82) is 0 Å². The quantitative estimate of drug-likeness (QED) is 0.366. The van der Waals surface area contributed by atoms with Crippen molar-refractivity contribution >= 4 is 5.96 Å². The highest BCUT2D eigenvalue weighted by Gasteiger charge is 2.21. The van der Waals surface area contributed by atoms with Crippen LogP contribution in [-0.2, 0) is 4.74 Å². The second kappa shape index (κ2) is 9.26. The zero-order valence-electron chi connectivity index (χ0n) is 14.5. The Kier molecular flexibility index (Phi) is 8.04. The number of aliphatic imine (C=N–C) groups is 1. The lowest BCUT2D eigenvalue weighted by molar-refractivity contribution is 0.123. The molecule has 0 radical (unpaired) electrons. The van der Waals surface area contributed by atoms with Crippen LogP contribution >= 0.6 is 0 Å². The van der Waals surface area contributed by atoms with Gasteiger partial charge in [0.2, 0.25) is 0 Å². The summed E-state index contributed by atoms with van der Waals surface area (Å²) in [4.78, 5) is 6.87. The van der Waals surface area contributed by atoms with Crippen LogP contribution in [-0.4, -0.2) is 63.3 Å². The standard InChI is InChI=1S/C16H34N4O/c1-6-17-15(19-13-16(2,3)20(4)5)18-10-7-11-21-12-14-8-9-14/h14H,6-13H2,1-5H3,(H2,17,18,19). The van der Waals surface area contributed by atoms with Gasteiger partial charge in [0, 0.05) is 31.8 Å². The van der Waals surface area contributed by atoms with Gasteiger partial charge in [-0.2, -0.15) is 0 Å². The molecule has 1 fully saturated rings. The maximum Gasteiger partial charge on any atom is 0.191 e. The van der Waals surface area contributed by atoms with Gasteiger partial charge in [-0.1, -0.05) is 0 Å². The van der Waals surface area contributed by atoms with E-state index < -0.39 is 0 Å². The fourth-order valence-electron chi connectivity index (χ4n) is 1.67. The van der Waals surface area contributed by atoms with Crippen LogP contribution in [0.3, 0.4) is 0 Å². The van der Waals surface area contributed by atoms with Crippen molar-refractivity contribution < 1.29 is 4.74 Å². The number of rotatable bonds is 10. The van der Waals surface area contributed by atoms with Gasteiger partial charge in [-0.3, -0.25) is 4.99 Å². The minimum atomic E-state index is 0.0652. The smallest absolute Gasteiger partial charge is 0.191 e. The molecule has 0 bridgehead atoms. The van der Waals surface area contributed by atoms with Gasteiger partial charge in [0.1, 0.15) is 0 Å². The Labute approximate surface area is 130 Å². The molecule has 0 atom stereocenters. The summed E-state index contributed by atoms with van der Waals surface area (Å²) in [6, 6.07) is 0. The maximum absolute atomic E-state index is 5.64. The summed E-state index contributed by atoms with van der Waals surface area (Å²) in [6.45, 7) is 10.8. The summed E-state index contributed by atoms with van der Waals surface area (Å²) in [5, 5.41) is 6.67. The number of nitrogens with zero attached hydrogens (tertiary/aromatic N) is 2. The number of guanidine groups is 1. The van der Waals surface area contributed by atoms with E-state index in [4.69, 9.17) is 4.74 Å². The average Bonchev–Trinajstić information content (AvgIpc) is 3.23. The van der Waals surface area contributed by atoms with Crippen LogP contribution in [0.1, 0.15) is 40.0 Å². The van der Waals surface area contributed by atoms with Crippen molar-refractivity contribution in [2.24, 2.45) is 10.9 Å². The molecular formula is C16H34N4O. The summed E-state index contributed by atoms with van der Waals surface area (Å²) >= 11 is 0. The maximum atomic E-state index is 5.64. The third-order valence-electron chi connectivity index (χ3n) is 3.99. The molecular weight excluding hydrogens is 264 g/mol. The molecule has 5 nitrogen and oxygen atoms in total. The van der Waals surface area contributed by atoms with E-state index in [2.05, 4.69) is 55.4 Å². The Balaban J connectivity index is 2.20. The van der Waals surface area contributed by atoms with E-state index in [1.165, 1.54) is 12.8 Å². The van der Waals surface area contributed by atoms with Crippen LogP contribution in [0.4, 0.5) is 0 Å². The molecule has 5 heteroatoms. The molecule has 1 rings (SSSR count). The van der Waals surface area contributed by atoms with Gasteiger partial charge in [0.05, 0.1) is 6.54 Å². The lowest BCUT2D eigenvalue weighted by atomic mass is 10.1. The normalized spacial score (nSPS) is 16.4. The Morgan fingerprint density at radius 3 is 2.57 bits per heavy atom. The predicted molar refractivity (Wildman–Crippen MR) is 89.9 cm³/mol. The zero-order valence-corrected chi connectivity index (χ0v) is 14.5. The molecule has 2 N–H and O–H groups in total. The molecule has 0 unspecified atom stereocenters. The fraction of sp³-hybridized carbons (Fsp3) is 0.938. The predicted octanol–water partition coefficient (Wildman–Crippen LogP) is 1.70. The van der Waals surface area contributed by atoms with Crippen LogP contribution in [0, 0.1) is 5.92 Å². The molecule has 1 aliphatic carbocycles. The molecule has 0 spiro atoms. The molecule has 0 aromatic carbocycles. The van der Waals surface area contributed by atoms with Crippen molar-refractivity contribution in [3.8, 4) is 0 Å². The Morgan fingerprint density at radius 2 is 2.00 bits per heavy atom. The highest BCUT2D eigenvalue weighted by Crippen LogP contribution is 2.28.